The summed E-state index contributed by atoms with van der Waals surface area (Å²) in [4.78, 5) is 28.1. The molecular formula is C26H35N3O4S. The number of carbonyl (C=O) groups is 2. The molecule has 1 N–H and O–H groups in total. The van der Waals surface area contributed by atoms with E-state index in [1.54, 1.807) is 37.3 Å². The molecule has 2 aromatic rings. The fraction of sp³-hybridized carbons (Fsp3) is 0.462. The van der Waals surface area contributed by atoms with Crippen molar-refractivity contribution < 1.29 is 18.0 Å². The van der Waals surface area contributed by atoms with Crippen molar-refractivity contribution in [3.8, 4) is 0 Å². The average Bonchev–Trinajstić information content (AvgIpc) is 2.82. The Morgan fingerprint density at radius 2 is 1.62 bits per heavy atom. The molecule has 1 fully saturated rings. The number of sulfonamides is 1. The Morgan fingerprint density at radius 3 is 2.21 bits per heavy atom. The van der Waals surface area contributed by atoms with Gasteiger partial charge in [0, 0.05) is 12.6 Å². The van der Waals surface area contributed by atoms with E-state index >= 15 is 0 Å². The summed E-state index contributed by atoms with van der Waals surface area (Å²) in [6.07, 6.45) is 6.33. The first-order valence-electron chi connectivity index (χ1n) is 11.8. The van der Waals surface area contributed by atoms with Crippen molar-refractivity contribution in [1.29, 1.82) is 0 Å². The molecule has 0 spiro atoms. The summed E-state index contributed by atoms with van der Waals surface area (Å²) in [5, 5.41) is 3.10. The minimum Gasteiger partial charge on any atom is -0.352 e. The van der Waals surface area contributed by atoms with Crippen molar-refractivity contribution in [2.24, 2.45) is 0 Å². The number of hydrogen-bond donors (Lipinski definition) is 1. The maximum absolute atomic E-state index is 13.5. The van der Waals surface area contributed by atoms with Crippen LogP contribution in [0.1, 0.15) is 50.2 Å². The normalized spacial score (nSPS) is 15.4. The molecular weight excluding hydrogens is 450 g/mol. The summed E-state index contributed by atoms with van der Waals surface area (Å²) >= 11 is 0. The molecule has 2 amide bonds. The van der Waals surface area contributed by atoms with Crippen LogP contribution < -0.4 is 9.62 Å². The van der Waals surface area contributed by atoms with Gasteiger partial charge in [-0.15, -0.1) is 0 Å². The van der Waals surface area contributed by atoms with Crippen LogP contribution in [0.15, 0.2) is 54.6 Å². The Balaban J connectivity index is 1.84. The van der Waals surface area contributed by atoms with Crippen molar-refractivity contribution in [3.63, 3.8) is 0 Å². The smallest absolute Gasteiger partial charge is 0.244 e. The molecule has 1 saturated carbocycles. The van der Waals surface area contributed by atoms with Crippen LogP contribution in [0.2, 0.25) is 0 Å². The van der Waals surface area contributed by atoms with Crippen LogP contribution in [0.4, 0.5) is 5.69 Å². The highest BCUT2D eigenvalue weighted by molar-refractivity contribution is 7.92. The summed E-state index contributed by atoms with van der Waals surface area (Å²) in [7, 11) is -3.71. The predicted octanol–water partition coefficient (Wildman–Crippen LogP) is 3.63. The first-order valence-corrected chi connectivity index (χ1v) is 13.7. The van der Waals surface area contributed by atoms with Crippen LogP contribution >= 0.6 is 0 Å². The molecule has 1 aliphatic rings. The molecule has 2 aromatic carbocycles. The van der Waals surface area contributed by atoms with Gasteiger partial charge in [0.15, 0.2) is 0 Å². The lowest BCUT2D eigenvalue weighted by Crippen LogP contribution is -2.52. The summed E-state index contributed by atoms with van der Waals surface area (Å²) < 4.78 is 26.1. The minimum absolute atomic E-state index is 0.122. The zero-order valence-electron chi connectivity index (χ0n) is 20.2. The number of para-hydroxylation sites is 1. The Kier molecular flexibility index (Phi) is 8.72. The van der Waals surface area contributed by atoms with Crippen LogP contribution in [0.25, 0.3) is 0 Å². The molecule has 7 nitrogen and oxygen atoms in total. The van der Waals surface area contributed by atoms with E-state index in [4.69, 9.17) is 0 Å². The fourth-order valence-electron chi connectivity index (χ4n) is 4.25. The van der Waals surface area contributed by atoms with Gasteiger partial charge in [0.1, 0.15) is 12.6 Å². The second-order valence-electron chi connectivity index (χ2n) is 9.13. The van der Waals surface area contributed by atoms with Crippen LogP contribution in [-0.4, -0.2) is 50.0 Å². The third kappa shape index (κ3) is 7.06. The number of carbonyl (C=O) groups excluding carboxylic acids is 2. The van der Waals surface area contributed by atoms with Crippen LogP contribution in [-0.2, 0) is 26.2 Å². The molecule has 34 heavy (non-hydrogen) atoms. The third-order valence-electron chi connectivity index (χ3n) is 6.32. The van der Waals surface area contributed by atoms with Crippen molar-refractivity contribution in [1.82, 2.24) is 10.2 Å². The molecule has 184 valence electrons. The second-order valence-corrected chi connectivity index (χ2v) is 11.0. The quantitative estimate of drug-likeness (QED) is 0.588. The molecule has 0 heterocycles. The molecule has 3 rings (SSSR count). The first-order chi connectivity index (χ1) is 16.1. The van der Waals surface area contributed by atoms with Crippen LogP contribution in [0.5, 0.6) is 0 Å². The van der Waals surface area contributed by atoms with Gasteiger partial charge in [-0.3, -0.25) is 13.9 Å². The topological polar surface area (TPSA) is 86.8 Å². The summed E-state index contributed by atoms with van der Waals surface area (Å²) in [6.45, 7) is 3.52. The van der Waals surface area contributed by atoms with Crippen molar-refractivity contribution >= 4 is 27.5 Å². The van der Waals surface area contributed by atoms with Gasteiger partial charge >= 0.3 is 0 Å². The fourth-order valence-corrected chi connectivity index (χ4v) is 5.10. The Bertz CT molecular complexity index is 1060. The highest BCUT2D eigenvalue weighted by atomic mass is 32.2. The number of aryl methyl sites for hydroxylation is 1. The number of nitrogens with zero attached hydrogens (tertiary/aromatic N) is 2. The molecule has 0 aromatic heterocycles. The molecule has 0 aliphatic heterocycles. The van der Waals surface area contributed by atoms with Gasteiger partial charge in [0.25, 0.3) is 0 Å². The number of benzene rings is 2. The third-order valence-corrected chi connectivity index (χ3v) is 7.46. The van der Waals surface area contributed by atoms with E-state index in [0.29, 0.717) is 5.69 Å². The molecule has 0 bridgehead atoms. The first kappa shape index (κ1) is 25.7. The van der Waals surface area contributed by atoms with Gasteiger partial charge in [-0.25, -0.2) is 8.42 Å². The second kappa shape index (κ2) is 11.5. The SMILES string of the molecule is Cc1ccc(CN(C(=O)CN(c2ccccc2)S(C)(=O)=O)[C@@H](C)C(=O)NC2CCCCC2)cc1. The van der Waals surface area contributed by atoms with Crippen molar-refractivity contribution in [3.05, 3.63) is 65.7 Å². The number of hydrogen-bond acceptors (Lipinski definition) is 4. The molecule has 8 heteroatoms. The van der Waals surface area contributed by atoms with E-state index in [0.717, 1.165) is 47.4 Å². The Morgan fingerprint density at radius 1 is 1.00 bits per heavy atom. The lowest BCUT2D eigenvalue weighted by atomic mass is 9.95. The summed E-state index contributed by atoms with van der Waals surface area (Å²) in [6, 6.07) is 15.7. The Hall–Kier alpha value is -2.87. The van der Waals surface area contributed by atoms with Crippen LogP contribution in [0, 0.1) is 6.92 Å². The van der Waals surface area contributed by atoms with E-state index in [9.17, 15) is 18.0 Å². The highest BCUT2D eigenvalue weighted by Gasteiger charge is 2.31. The van der Waals surface area contributed by atoms with E-state index in [-0.39, 0.29) is 25.0 Å². The highest BCUT2D eigenvalue weighted by Crippen LogP contribution is 2.20. The predicted molar refractivity (Wildman–Crippen MR) is 135 cm³/mol. The molecule has 1 atom stereocenters. The molecule has 0 unspecified atom stereocenters. The van der Waals surface area contributed by atoms with Gasteiger partial charge in [-0.2, -0.15) is 0 Å². The number of anilines is 1. The average molecular weight is 486 g/mol. The van der Waals surface area contributed by atoms with Gasteiger partial charge in [-0.05, 0) is 44.4 Å². The van der Waals surface area contributed by atoms with Gasteiger partial charge in [0.2, 0.25) is 21.8 Å². The molecule has 0 saturated heterocycles. The summed E-state index contributed by atoms with van der Waals surface area (Å²) in [5.74, 6) is -0.640. The van der Waals surface area contributed by atoms with Gasteiger partial charge in [0.05, 0.1) is 11.9 Å². The van der Waals surface area contributed by atoms with E-state index < -0.39 is 22.0 Å². The van der Waals surface area contributed by atoms with Gasteiger partial charge < -0.3 is 10.2 Å². The Labute approximate surface area is 203 Å². The molecule has 1 aliphatic carbocycles. The summed E-state index contributed by atoms with van der Waals surface area (Å²) in [5.41, 5.74) is 2.38. The maximum Gasteiger partial charge on any atom is 0.244 e. The number of amides is 2. The van der Waals surface area contributed by atoms with Crippen molar-refractivity contribution in [2.75, 3.05) is 17.1 Å². The van der Waals surface area contributed by atoms with Crippen molar-refractivity contribution in [2.45, 2.75) is 64.6 Å². The maximum atomic E-state index is 13.5. The lowest BCUT2D eigenvalue weighted by Gasteiger charge is -2.33. The minimum atomic E-state index is -3.71. The van der Waals surface area contributed by atoms with Crippen LogP contribution in [0.3, 0.4) is 0 Å². The molecule has 0 radical (unpaired) electrons. The lowest BCUT2D eigenvalue weighted by molar-refractivity contribution is -0.139. The zero-order chi connectivity index (χ0) is 24.7. The monoisotopic (exact) mass is 485 g/mol. The number of rotatable bonds is 9. The standard InChI is InChI=1S/C26H35N3O4S/c1-20-14-16-22(17-15-20)18-28(21(2)26(31)27-23-10-6-4-7-11-23)25(30)19-29(34(3,32)33)24-12-8-5-9-13-24/h5,8-9,12-17,21,23H,4,6-7,10-11,18-19H2,1-3H3,(H,27,31)/t21-/m0/s1. The zero-order valence-corrected chi connectivity index (χ0v) is 21.1. The largest absolute Gasteiger partial charge is 0.352 e. The van der Waals surface area contributed by atoms with E-state index in [1.165, 1.54) is 11.3 Å². The van der Waals surface area contributed by atoms with E-state index in [2.05, 4.69) is 5.32 Å². The van der Waals surface area contributed by atoms with Gasteiger partial charge in [-0.1, -0.05) is 67.3 Å². The van der Waals surface area contributed by atoms with E-state index in [1.807, 2.05) is 31.2 Å². The number of nitrogens with one attached hydrogen (secondary N) is 1.